The van der Waals surface area contributed by atoms with Crippen molar-refractivity contribution >= 4 is 23.1 Å². The minimum absolute atomic E-state index is 0.0241. The summed E-state index contributed by atoms with van der Waals surface area (Å²) in [6, 6.07) is 6.32. The molecule has 0 radical (unpaired) electrons. The maximum absolute atomic E-state index is 14.9. The quantitative estimate of drug-likeness (QED) is 0.345. The SMILES string of the molecule is C[C@@H](Nc1ncnc2c1CN(c1ccccc1F)C(=O)C21CN(CCF)C1)c1cc(N)cc(C(F)(F)F)c1F. The summed E-state index contributed by atoms with van der Waals surface area (Å²) < 4.78 is 82.9. The summed E-state index contributed by atoms with van der Waals surface area (Å²) in [6.07, 6.45) is -3.76. The van der Waals surface area contributed by atoms with Crippen LogP contribution in [0.3, 0.4) is 0 Å². The molecule has 1 spiro atoms. The fourth-order valence-corrected chi connectivity index (χ4v) is 5.31. The average Bonchev–Trinajstić information content (AvgIpc) is 2.85. The van der Waals surface area contributed by atoms with Crippen LogP contribution in [-0.4, -0.2) is 47.1 Å². The first-order valence-corrected chi connectivity index (χ1v) is 12.1. The summed E-state index contributed by atoms with van der Waals surface area (Å²) in [6.45, 7) is 1.05. The van der Waals surface area contributed by atoms with Crippen LogP contribution >= 0.6 is 0 Å². The van der Waals surface area contributed by atoms with Crippen LogP contribution in [0.15, 0.2) is 42.7 Å². The predicted molar refractivity (Wildman–Crippen MR) is 132 cm³/mol. The Bertz CT molecular complexity index is 1420. The van der Waals surface area contributed by atoms with E-state index in [2.05, 4.69) is 15.3 Å². The second kappa shape index (κ2) is 9.70. The molecule has 3 heterocycles. The van der Waals surface area contributed by atoms with Gasteiger partial charge in [0.15, 0.2) is 0 Å². The summed E-state index contributed by atoms with van der Waals surface area (Å²) >= 11 is 0. The van der Waals surface area contributed by atoms with Crippen molar-refractivity contribution in [3.8, 4) is 0 Å². The first-order chi connectivity index (χ1) is 18.5. The number of amides is 1. The van der Waals surface area contributed by atoms with E-state index in [1.165, 1.54) is 36.4 Å². The topological polar surface area (TPSA) is 87.4 Å². The van der Waals surface area contributed by atoms with E-state index in [-0.39, 0.29) is 48.9 Å². The number of para-hydroxylation sites is 1. The highest BCUT2D eigenvalue weighted by Crippen LogP contribution is 2.45. The maximum atomic E-state index is 14.9. The molecule has 0 bridgehead atoms. The zero-order valence-corrected chi connectivity index (χ0v) is 20.7. The van der Waals surface area contributed by atoms with Crippen LogP contribution in [0, 0.1) is 11.6 Å². The zero-order chi connectivity index (χ0) is 28.1. The van der Waals surface area contributed by atoms with E-state index >= 15 is 0 Å². The van der Waals surface area contributed by atoms with Crippen molar-refractivity contribution in [3.05, 3.63) is 76.7 Å². The van der Waals surface area contributed by atoms with Gasteiger partial charge in [-0.3, -0.25) is 9.69 Å². The van der Waals surface area contributed by atoms with E-state index in [4.69, 9.17) is 5.73 Å². The molecule has 5 rings (SSSR count). The van der Waals surface area contributed by atoms with Crippen LogP contribution in [-0.2, 0) is 22.9 Å². The molecular formula is C26H24F6N6O. The summed E-state index contributed by atoms with van der Waals surface area (Å²) in [4.78, 5) is 25.3. The van der Waals surface area contributed by atoms with Gasteiger partial charge in [-0.05, 0) is 31.2 Å². The van der Waals surface area contributed by atoms with Crippen LogP contribution in [0.4, 0.5) is 43.5 Å². The van der Waals surface area contributed by atoms with Crippen LogP contribution in [0.1, 0.15) is 35.3 Å². The second-order valence-corrected chi connectivity index (χ2v) is 9.71. The Balaban J connectivity index is 1.57. The monoisotopic (exact) mass is 550 g/mol. The number of carbonyl (C=O) groups is 1. The number of nitrogens with zero attached hydrogens (tertiary/aromatic N) is 4. The Morgan fingerprint density at radius 2 is 1.87 bits per heavy atom. The number of aromatic nitrogens is 2. The lowest BCUT2D eigenvalue weighted by Crippen LogP contribution is -2.69. The second-order valence-electron chi connectivity index (χ2n) is 9.71. The number of hydrogen-bond acceptors (Lipinski definition) is 6. The first kappa shape index (κ1) is 26.7. The number of alkyl halides is 4. The molecule has 0 saturated carbocycles. The molecule has 1 aromatic heterocycles. The number of nitrogens with one attached hydrogen (secondary N) is 1. The first-order valence-electron chi connectivity index (χ1n) is 12.1. The van der Waals surface area contributed by atoms with E-state index < -0.39 is 47.4 Å². The standard InChI is InChI=1S/C26H24F6N6O/c1-14(16-8-15(33)9-18(21(16)29)26(30,31)32)36-23-17-10-38(20-5-3-2-4-19(20)28)24(39)25(22(17)34-13-35-23)11-37(12-25)7-6-27/h2-5,8-9,13-14H,6-7,10-12,33H2,1H3,(H,34,35,36)/t14-/m1/s1. The van der Waals surface area contributed by atoms with Crippen molar-refractivity contribution in [2.45, 2.75) is 31.1 Å². The predicted octanol–water partition coefficient (Wildman–Crippen LogP) is 4.60. The normalized spacial score (nSPS) is 17.6. The van der Waals surface area contributed by atoms with Gasteiger partial charge in [0.2, 0.25) is 5.91 Å². The van der Waals surface area contributed by atoms with Crippen LogP contribution in [0.25, 0.3) is 0 Å². The van der Waals surface area contributed by atoms with Crippen molar-refractivity contribution in [2.24, 2.45) is 0 Å². The van der Waals surface area contributed by atoms with Gasteiger partial charge in [0, 0.05) is 36.4 Å². The lowest BCUT2D eigenvalue weighted by atomic mass is 9.71. The summed E-state index contributed by atoms with van der Waals surface area (Å²) in [5, 5.41) is 2.94. The third-order valence-electron chi connectivity index (χ3n) is 7.15. The van der Waals surface area contributed by atoms with Crippen LogP contribution in [0.5, 0.6) is 0 Å². The summed E-state index contributed by atoms with van der Waals surface area (Å²) in [5.74, 6) is -2.38. The number of halogens is 6. The fourth-order valence-electron chi connectivity index (χ4n) is 5.31. The van der Waals surface area contributed by atoms with Gasteiger partial charge in [0.25, 0.3) is 0 Å². The Kier molecular flexibility index (Phi) is 6.65. The van der Waals surface area contributed by atoms with Crippen molar-refractivity contribution in [3.63, 3.8) is 0 Å². The number of nitrogen functional groups attached to an aromatic ring is 1. The highest BCUT2D eigenvalue weighted by atomic mass is 19.4. The molecule has 1 saturated heterocycles. The highest BCUT2D eigenvalue weighted by molar-refractivity contribution is 6.04. The van der Waals surface area contributed by atoms with Gasteiger partial charge in [-0.15, -0.1) is 0 Å². The molecular weight excluding hydrogens is 526 g/mol. The number of fused-ring (bicyclic) bond motifs is 2. The minimum atomic E-state index is -4.95. The Morgan fingerprint density at radius 1 is 1.15 bits per heavy atom. The third kappa shape index (κ3) is 4.54. The molecule has 3 N–H and O–H groups in total. The summed E-state index contributed by atoms with van der Waals surface area (Å²) in [5.41, 5.74) is 3.11. The molecule has 1 fully saturated rings. The van der Waals surface area contributed by atoms with Crippen molar-refractivity contribution in [1.29, 1.82) is 0 Å². The van der Waals surface area contributed by atoms with Crippen molar-refractivity contribution in [2.75, 3.05) is 42.3 Å². The van der Waals surface area contributed by atoms with Gasteiger partial charge in [0.1, 0.15) is 35.9 Å². The number of anilines is 3. The van der Waals surface area contributed by atoms with Crippen LogP contribution in [0.2, 0.25) is 0 Å². The van der Waals surface area contributed by atoms with Gasteiger partial charge >= 0.3 is 6.18 Å². The number of rotatable bonds is 6. The highest BCUT2D eigenvalue weighted by Gasteiger charge is 2.57. The van der Waals surface area contributed by atoms with Gasteiger partial charge in [0.05, 0.1) is 29.5 Å². The van der Waals surface area contributed by atoms with Gasteiger partial charge < -0.3 is 16.0 Å². The molecule has 2 aliphatic heterocycles. The number of benzene rings is 2. The lowest BCUT2D eigenvalue weighted by Gasteiger charge is -2.52. The number of hydrogen-bond donors (Lipinski definition) is 2. The largest absolute Gasteiger partial charge is 0.419 e. The van der Waals surface area contributed by atoms with Gasteiger partial charge in [-0.2, -0.15) is 13.2 Å². The van der Waals surface area contributed by atoms with Crippen LogP contribution < -0.4 is 16.0 Å². The van der Waals surface area contributed by atoms with Crippen molar-refractivity contribution in [1.82, 2.24) is 14.9 Å². The Hall–Kier alpha value is -3.87. The lowest BCUT2D eigenvalue weighted by molar-refractivity contribution is -0.140. The maximum Gasteiger partial charge on any atom is 0.419 e. The molecule has 0 unspecified atom stereocenters. The van der Waals surface area contributed by atoms with Gasteiger partial charge in [-0.25, -0.2) is 23.1 Å². The minimum Gasteiger partial charge on any atom is -0.399 e. The summed E-state index contributed by atoms with van der Waals surface area (Å²) in [7, 11) is 0. The van der Waals surface area contributed by atoms with Crippen molar-refractivity contribution < 1.29 is 31.1 Å². The molecule has 2 aromatic carbocycles. The van der Waals surface area contributed by atoms with E-state index in [1.807, 2.05) is 0 Å². The van der Waals surface area contributed by atoms with Gasteiger partial charge in [-0.1, -0.05) is 12.1 Å². The molecule has 0 aliphatic carbocycles. The molecule has 13 heteroatoms. The number of likely N-dealkylation sites (tertiary alicyclic amines) is 1. The Morgan fingerprint density at radius 3 is 2.54 bits per heavy atom. The number of carbonyl (C=O) groups excluding carboxylic acids is 1. The smallest absolute Gasteiger partial charge is 0.399 e. The van der Waals surface area contributed by atoms with E-state index in [9.17, 15) is 31.1 Å². The molecule has 39 heavy (non-hydrogen) atoms. The Labute approximate surface area is 219 Å². The zero-order valence-electron chi connectivity index (χ0n) is 20.7. The van der Waals surface area contributed by atoms with E-state index in [0.717, 1.165) is 6.07 Å². The van der Waals surface area contributed by atoms with E-state index in [0.29, 0.717) is 17.3 Å². The fraction of sp³-hybridized carbons (Fsp3) is 0.346. The molecule has 2 aliphatic rings. The van der Waals surface area contributed by atoms with E-state index in [1.54, 1.807) is 11.0 Å². The molecule has 206 valence electrons. The third-order valence-corrected chi connectivity index (χ3v) is 7.15. The molecule has 1 atom stereocenters. The average molecular weight is 551 g/mol. The molecule has 1 amide bonds. The molecule has 7 nitrogen and oxygen atoms in total. The molecule has 3 aromatic rings. The number of nitrogens with two attached hydrogens (primary N) is 1.